The van der Waals surface area contributed by atoms with Crippen molar-refractivity contribution in [2.45, 2.75) is 57.8 Å². The molecule has 0 spiro atoms. The first-order valence-corrected chi connectivity index (χ1v) is 18.2. The van der Waals surface area contributed by atoms with Gasteiger partial charge in [-0.15, -0.1) is 0 Å². The van der Waals surface area contributed by atoms with E-state index >= 15 is 0 Å². The number of unbranched alkanes of at least 4 members (excludes halogenated alkanes) is 1. The van der Waals surface area contributed by atoms with Gasteiger partial charge in [0.05, 0.1) is 6.42 Å². The van der Waals surface area contributed by atoms with Gasteiger partial charge in [-0.05, 0) is 137 Å². The molecule has 0 aliphatic heterocycles. The van der Waals surface area contributed by atoms with E-state index in [0.717, 1.165) is 50.0 Å². The van der Waals surface area contributed by atoms with Gasteiger partial charge < -0.3 is 44.4 Å². The number of nitrogens with zero attached hydrogens (tertiary/aromatic N) is 4. The van der Waals surface area contributed by atoms with Crippen LogP contribution in [0.15, 0.2) is 36.4 Å². The third-order valence-corrected chi connectivity index (χ3v) is 8.00. The standard InChI is InChI=1S/C39H62N6O7/c1-42(2)23-11-15-37(47)50-33-19-17-30(27-32(33)29-36(46)40-21-25-44(5)6)13-9-10-14-31-18-20-34(52-39(49)41-22-26-45(7)8)35(28-31)51-38(48)16-12-24-43(3)4/h17-20,27-28H,9-16,21-26,29H2,1-8H3,(H,40,46)(H,41,49). The van der Waals surface area contributed by atoms with Crippen LogP contribution in [0, 0.1) is 0 Å². The van der Waals surface area contributed by atoms with Crippen LogP contribution in [0.4, 0.5) is 4.79 Å². The van der Waals surface area contributed by atoms with E-state index in [0.29, 0.717) is 56.6 Å². The average molecular weight is 727 g/mol. The molecule has 52 heavy (non-hydrogen) atoms. The molecule has 0 radical (unpaired) electrons. The van der Waals surface area contributed by atoms with E-state index in [1.54, 1.807) is 18.2 Å². The van der Waals surface area contributed by atoms with Crippen LogP contribution < -0.4 is 24.8 Å². The number of ether oxygens (including phenoxy) is 3. The highest BCUT2D eigenvalue weighted by Gasteiger charge is 2.17. The number of carbonyl (C=O) groups excluding carboxylic acids is 4. The fourth-order valence-electron chi connectivity index (χ4n) is 5.15. The van der Waals surface area contributed by atoms with Crippen molar-refractivity contribution in [3.8, 4) is 17.2 Å². The third-order valence-electron chi connectivity index (χ3n) is 8.00. The van der Waals surface area contributed by atoms with E-state index in [-0.39, 0.29) is 42.2 Å². The van der Waals surface area contributed by atoms with Gasteiger partial charge in [-0.1, -0.05) is 18.2 Å². The van der Waals surface area contributed by atoms with Crippen molar-refractivity contribution in [1.82, 2.24) is 30.2 Å². The van der Waals surface area contributed by atoms with E-state index in [9.17, 15) is 19.2 Å². The summed E-state index contributed by atoms with van der Waals surface area (Å²) in [5.41, 5.74) is 2.67. The number of hydrogen-bond donors (Lipinski definition) is 2. The number of nitrogens with one attached hydrogen (secondary N) is 2. The minimum Gasteiger partial charge on any atom is -0.426 e. The van der Waals surface area contributed by atoms with Crippen molar-refractivity contribution in [3.05, 3.63) is 53.1 Å². The Morgan fingerprint density at radius 3 is 1.56 bits per heavy atom. The minimum absolute atomic E-state index is 0.111. The zero-order valence-corrected chi connectivity index (χ0v) is 32.7. The Morgan fingerprint density at radius 2 is 1.02 bits per heavy atom. The van der Waals surface area contributed by atoms with Crippen LogP contribution in [0.25, 0.3) is 0 Å². The Balaban J connectivity index is 2.09. The van der Waals surface area contributed by atoms with E-state index in [2.05, 4.69) is 10.6 Å². The molecule has 0 fully saturated rings. The lowest BCUT2D eigenvalue weighted by Crippen LogP contribution is -2.33. The Bertz CT molecular complexity index is 1310. The van der Waals surface area contributed by atoms with Crippen LogP contribution in [0.2, 0.25) is 0 Å². The van der Waals surface area contributed by atoms with Gasteiger partial charge >= 0.3 is 18.0 Å². The van der Waals surface area contributed by atoms with Gasteiger partial charge in [-0.2, -0.15) is 0 Å². The first-order chi connectivity index (χ1) is 24.7. The molecule has 2 rings (SSSR count). The molecule has 290 valence electrons. The number of rotatable bonds is 24. The van der Waals surface area contributed by atoms with Crippen LogP contribution in [-0.2, 0) is 33.6 Å². The smallest absolute Gasteiger partial charge is 0.412 e. The highest BCUT2D eigenvalue weighted by Crippen LogP contribution is 2.30. The highest BCUT2D eigenvalue weighted by atomic mass is 16.6. The van der Waals surface area contributed by atoms with Crippen molar-refractivity contribution in [2.75, 3.05) is 95.6 Å². The molecule has 0 bridgehead atoms. The summed E-state index contributed by atoms with van der Waals surface area (Å²) < 4.78 is 16.9. The van der Waals surface area contributed by atoms with Gasteiger partial charge in [0.15, 0.2) is 11.5 Å². The molecule has 13 heteroatoms. The van der Waals surface area contributed by atoms with Crippen molar-refractivity contribution in [1.29, 1.82) is 0 Å². The second kappa shape index (κ2) is 24.2. The van der Waals surface area contributed by atoms with Gasteiger partial charge in [0.1, 0.15) is 5.75 Å². The topological polar surface area (TPSA) is 133 Å². The van der Waals surface area contributed by atoms with Crippen molar-refractivity contribution >= 4 is 23.9 Å². The molecule has 13 nitrogen and oxygen atoms in total. The first kappa shape index (κ1) is 44.1. The fraction of sp³-hybridized carbons (Fsp3) is 0.590. The number of carbonyl (C=O) groups is 4. The molecule has 0 aliphatic carbocycles. The van der Waals surface area contributed by atoms with Crippen molar-refractivity contribution < 1.29 is 33.4 Å². The summed E-state index contributed by atoms with van der Waals surface area (Å²) in [7, 11) is 15.5. The number of amides is 2. The number of benzene rings is 2. The van der Waals surface area contributed by atoms with E-state index < -0.39 is 6.09 Å². The van der Waals surface area contributed by atoms with E-state index in [1.165, 1.54) is 0 Å². The summed E-state index contributed by atoms with van der Waals surface area (Å²) in [5, 5.41) is 5.66. The van der Waals surface area contributed by atoms with Crippen LogP contribution in [0.1, 0.15) is 55.2 Å². The zero-order valence-electron chi connectivity index (χ0n) is 32.7. The van der Waals surface area contributed by atoms with Gasteiger partial charge in [0.25, 0.3) is 0 Å². The molecule has 0 aromatic heterocycles. The maximum atomic E-state index is 12.8. The van der Waals surface area contributed by atoms with Gasteiger partial charge in [0, 0.05) is 44.6 Å². The molecule has 2 amide bonds. The summed E-state index contributed by atoms with van der Waals surface area (Å²) in [6.45, 7) is 3.86. The SMILES string of the molecule is CN(C)CCCC(=O)Oc1ccc(CCCCc2ccc(OC(=O)NCCN(C)C)c(OC(=O)CCCN(C)C)c2)cc1CC(=O)NCCN(C)C. The van der Waals surface area contributed by atoms with Gasteiger partial charge in [-0.25, -0.2) is 4.79 Å². The molecule has 2 aromatic rings. The van der Waals surface area contributed by atoms with Crippen molar-refractivity contribution in [2.24, 2.45) is 0 Å². The van der Waals surface area contributed by atoms with E-state index in [4.69, 9.17) is 14.2 Å². The Morgan fingerprint density at radius 1 is 0.538 bits per heavy atom. The first-order valence-electron chi connectivity index (χ1n) is 18.2. The molecular formula is C39H62N6O7. The Labute approximate surface area is 310 Å². The van der Waals surface area contributed by atoms with Gasteiger partial charge in [0.2, 0.25) is 5.91 Å². The number of hydrogen-bond acceptors (Lipinski definition) is 11. The average Bonchev–Trinajstić information content (AvgIpc) is 3.04. The summed E-state index contributed by atoms with van der Waals surface area (Å²) in [6, 6.07) is 11.0. The minimum atomic E-state index is -0.616. The molecule has 0 saturated carbocycles. The van der Waals surface area contributed by atoms with Gasteiger partial charge in [-0.3, -0.25) is 14.4 Å². The molecular weight excluding hydrogens is 664 g/mol. The summed E-state index contributed by atoms with van der Waals surface area (Å²) >= 11 is 0. The summed E-state index contributed by atoms with van der Waals surface area (Å²) in [6.07, 6.45) is 4.53. The third kappa shape index (κ3) is 19.5. The number of esters is 2. The summed E-state index contributed by atoms with van der Waals surface area (Å²) in [4.78, 5) is 58.5. The second-order valence-electron chi connectivity index (χ2n) is 14.1. The summed E-state index contributed by atoms with van der Waals surface area (Å²) in [5.74, 6) is -0.0136. The van der Waals surface area contributed by atoms with Crippen molar-refractivity contribution in [3.63, 3.8) is 0 Å². The van der Waals surface area contributed by atoms with E-state index in [1.807, 2.05) is 94.2 Å². The molecule has 0 unspecified atom stereocenters. The lowest BCUT2D eigenvalue weighted by molar-refractivity contribution is -0.135. The van der Waals surface area contributed by atoms with Crippen LogP contribution in [-0.4, -0.2) is 139 Å². The lowest BCUT2D eigenvalue weighted by Gasteiger charge is -2.15. The number of likely N-dealkylation sites (N-methyl/N-ethyl adjacent to an activating group) is 2. The second-order valence-corrected chi connectivity index (χ2v) is 14.1. The van der Waals surface area contributed by atoms with Crippen LogP contribution in [0.3, 0.4) is 0 Å². The molecule has 0 atom stereocenters. The largest absolute Gasteiger partial charge is 0.426 e. The van der Waals surface area contributed by atoms with Crippen LogP contribution >= 0.6 is 0 Å². The molecule has 2 N–H and O–H groups in total. The molecule has 2 aromatic carbocycles. The predicted octanol–water partition coefficient (Wildman–Crippen LogP) is 3.62. The fourth-order valence-corrected chi connectivity index (χ4v) is 5.15. The lowest BCUT2D eigenvalue weighted by atomic mass is 10.00. The van der Waals surface area contributed by atoms with Crippen LogP contribution in [0.5, 0.6) is 17.2 Å². The maximum absolute atomic E-state index is 12.8. The Hall–Kier alpha value is -4.04. The monoisotopic (exact) mass is 726 g/mol. The normalized spacial score (nSPS) is 11.3. The Kier molecular flexibility index (Phi) is 20.6. The zero-order chi connectivity index (χ0) is 38.5. The number of aryl methyl sites for hydroxylation is 2. The highest BCUT2D eigenvalue weighted by molar-refractivity contribution is 5.80. The molecule has 0 heterocycles. The quantitative estimate of drug-likeness (QED) is 0.0935. The predicted molar refractivity (Wildman–Crippen MR) is 204 cm³/mol. The molecule has 0 saturated heterocycles. The maximum Gasteiger partial charge on any atom is 0.412 e. The molecule has 0 aliphatic rings.